The van der Waals surface area contributed by atoms with Crippen LogP contribution >= 0.6 is 0 Å². The number of carbonyl (C=O) groups is 2. The van der Waals surface area contributed by atoms with Gasteiger partial charge in [-0.1, -0.05) is 92.4 Å². The topological polar surface area (TPSA) is 77.5 Å². The molecule has 264 valence electrons. The van der Waals surface area contributed by atoms with Gasteiger partial charge in [0.1, 0.15) is 12.2 Å². The fraction of sp³-hybridized carbons (Fsp3) is 0.946. The Morgan fingerprint density at radius 3 is 1.58 bits per heavy atom. The van der Waals surface area contributed by atoms with E-state index in [1.54, 1.807) is 7.11 Å². The first-order valence-electron chi connectivity index (χ1n) is 18.2. The summed E-state index contributed by atoms with van der Waals surface area (Å²) in [5.74, 6) is -0.186. The zero-order valence-corrected chi connectivity index (χ0v) is 30.9. The van der Waals surface area contributed by atoms with E-state index in [-0.39, 0.29) is 46.1 Å². The lowest BCUT2D eigenvalue weighted by Crippen LogP contribution is -2.61. The molecule has 45 heavy (non-hydrogen) atoms. The summed E-state index contributed by atoms with van der Waals surface area (Å²) in [4.78, 5) is 37.2. The smallest absolute Gasteiger partial charge is 0.306 e. The Labute approximate surface area is 276 Å². The summed E-state index contributed by atoms with van der Waals surface area (Å²) >= 11 is 0. The molecular weight excluding hydrogens is 568 g/mol. The Balaban J connectivity index is 1.59. The van der Waals surface area contributed by atoms with Gasteiger partial charge in [-0.25, -0.2) is 0 Å². The predicted octanol–water partition coefficient (Wildman–Crippen LogP) is 8.81. The number of unbranched alkanes of at least 4 members (excludes halogenated alkanes) is 10. The van der Waals surface area contributed by atoms with Crippen molar-refractivity contribution < 1.29 is 28.7 Å². The van der Waals surface area contributed by atoms with E-state index in [0.717, 1.165) is 77.5 Å². The molecule has 8 nitrogen and oxygen atoms in total. The number of carbonyl (C=O) groups excluding carboxylic acids is 2. The van der Waals surface area contributed by atoms with Crippen LogP contribution in [0, 0.1) is 10.8 Å². The van der Waals surface area contributed by atoms with E-state index in [0.29, 0.717) is 12.8 Å². The Kier molecular flexibility index (Phi) is 16.3. The van der Waals surface area contributed by atoms with Crippen molar-refractivity contribution in [2.75, 3.05) is 26.8 Å². The van der Waals surface area contributed by atoms with Crippen LogP contribution in [0.25, 0.3) is 0 Å². The van der Waals surface area contributed by atoms with Gasteiger partial charge in [0, 0.05) is 60.7 Å². The van der Waals surface area contributed by atoms with E-state index < -0.39 is 0 Å². The number of piperidine rings is 2. The fourth-order valence-corrected chi connectivity index (χ4v) is 8.11. The van der Waals surface area contributed by atoms with Crippen molar-refractivity contribution >= 4 is 11.9 Å². The van der Waals surface area contributed by atoms with Crippen LogP contribution in [-0.4, -0.2) is 72.2 Å². The van der Waals surface area contributed by atoms with E-state index in [1.165, 1.54) is 32.1 Å². The van der Waals surface area contributed by atoms with Gasteiger partial charge in [0.15, 0.2) is 0 Å². The number of hydrogen-bond donors (Lipinski definition) is 0. The van der Waals surface area contributed by atoms with Crippen LogP contribution in [0.2, 0.25) is 0 Å². The first-order valence-corrected chi connectivity index (χ1v) is 18.2. The maximum atomic E-state index is 12.8. The van der Waals surface area contributed by atoms with Crippen LogP contribution in [0.3, 0.4) is 0 Å². The second kappa shape index (κ2) is 18.4. The highest BCUT2D eigenvalue weighted by atomic mass is 16.7. The molecule has 0 radical (unpaired) electrons. The minimum atomic E-state index is -0.195. The summed E-state index contributed by atoms with van der Waals surface area (Å²) < 4.78 is 12.0. The molecule has 0 N–H and O–H groups in total. The van der Waals surface area contributed by atoms with Crippen molar-refractivity contribution in [2.24, 2.45) is 10.8 Å². The highest BCUT2D eigenvalue weighted by Crippen LogP contribution is 2.43. The average Bonchev–Trinajstić information content (AvgIpc) is 2.90. The number of hydrogen-bond acceptors (Lipinski definition) is 8. The van der Waals surface area contributed by atoms with E-state index >= 15 is 0 Å². The average molecular weight is 639 g/mol. The molecule has 0 saturated carbocycles. The molecule has 8 heteroatoms. The number of esters is 2. The van der Waals surface area contributed by atoms with Crippen LogP contribution in [0.5, 0.6) is 0 Å². The van der Waals surface area contributed by atoms with Crippen molar-refractivity contribution in [2.45, 2.75) is 188 Å². The number of rotatable bonds is 20. The molecular formula is C37H70N2O6. The molecule has 2 rings (SSSR count). The number of nitrogens with zero attached hydrogens (tertiary/aromatic N) is 2. The van der Waals surface area contributed by atoms with Gasteiger partial charge in [-0.3, -0.25) is 14.4 Å². The second-order valence-electron chi connectivity index (χ2n) is 16.5. The molecule has 2 fully saturated rings. The van der Waals surface area contributed by atoms with Crippen LogP contribution in [0.1, 0.15) is 165 Å². The first-order chi connectivity index (χ1) is 21.0. The van der Waals surface area contributed by atoms with E-state index in [2.05, 4.69) is 67.4 Å². The Morgan fingerprint density at radius 2 is 1.09 bits per heavy atom. The van der Waals surface area contributed by atoms with Gasteiger partial charge >= 0.3 is 11.9 Å². The van der Waals surface area contributed by atoms with E-state index in [1.807, 2.05) is 5.06 Å². The zero-order valence-electron chi connectivity index (χ0n) is 30.9. The first kappa shape index (κ1) is 40.0. The van der Waals surface area contributed by atoms with Gasteiger partial charge in [-0.05, 0) is 47.0 Å². The molecule has 0 aromatic rings. The summed E-state index contributed by atoms with van der Waals surface area (Å²) in [6.45, 7) is 21.8. The quantitative estimate of drug-likeness (QED) is 0.0967. The summed E-state index contributed by atoms with van der Waals surface area (Å²) in [5.41, 5.74) is -0.764. The maximum absolute atomic E-state index is 12.8. The van der Waals surface area contributed by atoms with Crippen molar-refractivity contribution in [3.8, 4) is 0 Å². The Hall–Kier alpha value is -1.22. The summed E-state index contributed by atoms with van der Waals surface area (Å²) in [7, 11) is 1.71. The summed E-state index contributed by atoms with van der Waals surface area (Å²) in [6.07, 6.45) is 15.6. The standard InChI is InChI=1S/C37H70N2O6/c1-11-12-13-14-19-22-25-43-38-28-34(2,3)33(35(4,5)29-38)45-32(41)24-21-18-16-15-17-20-23-31(40)44-30-26-36(6,7)39(42-10)37(8,9)27-30/h30,33H,11-29H2,1-10H3. The minimum Gasteiger partial charge on any atom is -0.462 e. The lowest BCUT2D eigenvalue weighted by atomic mass is 9.68. The third-order valence-corrected chi connectivity index (χ3v) is 9.65. The third-order valence-electron chi connectivity index (χ3n) is 9.65. The molecule has 0 aromatic carbocycles. The largest absolute Gasteiger partial charge is 0.462 e. The molecule has 2 aliphatic rings. The molecule has 2 aliphatic heterocycles. The van der Waals surface area contributed by atoms with E-state index in [4.69, 9.17) is 19.1 Å². The molecule has 0 aromatic heterocycles. The van der Waals surface area contributed by atoms with Gasteiger partial charge in [0.25, 0.3) is 0 Å². The van der Waals surface area contributed by atoms with Crippen molar-refractivity contribution in [3.05, 3.63) is 0 Å². The maximum Gasteiger partial charge on any atom is 0.306 e. The van der Waals surface area contributed by atoms with Gasteiger partial charge in [-0.2, -0.15) is 10.1 Å². The zero-order chi connectivity index (χ0) is 33.7. The van der Waals surface area contributed by atoms with Crippen LogP contribution in [-0.2, 0) is 28.7 Å². The normalized spacial score (nSPS) is 21.9. The molecule has 0 aliphatic carbocycles. The van der Waals surface area contributed by atoms with Gasteiger partial charge in [0.05, 0.1) is 13.7 Å². The molecule has 0 atom stereocenters. The molecule has 0 amide bonds. The summed E-state index contributed by atoms with van der Waals surface area (Å²) in [6, 6.07) is 0. The van der Waals surface area contributed by atoms with Crippen molar-refractivity contribution in [3.63, 3.8) is 0 Å². The van der Waals surface area contributed by atoms with Crippen molar-refractivity contribution in [1.82, 2.24) is 10.1 Å². The van der Waals surface area contributed by atoms with Crippen LogP contribution in [0.4, 0.5) is 0 Å². The SMILES string of the molecule is CCCCCCCCON1CC(C)(C)C(OC(=O)CCCCCCCCC(=O)OC2CC(C)(C)N(OC)C(C)(C)C2)C(C)(C)C1. The van der Waals surface area contributed by atoms with Gasteiger partial charge in [-0.15, -0.1) is 0 Å². The van der Waals surface area contributed by atoms with Crippen molar-refractivity contribution in [1.29, 1.82) is 0 Å². The van der Waals surface area contributed by atoms with Crippen LogP contribution in [0.15, 0.2) is 0 Å². The Morgan fingerprint density at radius 1 is 0.644 bits per heavy atom. The summed E-state index contributed by atoms with van der Waals surface area (Å²) in [5, 5.41) is 4.13. The van der Waals surface area contributed by atoms with Gasteiger partial charge < -0.3 is 14.3 Å². The van der Waals surface area contributed by atoms with Gasteiger partial charge in [0.2, 0.25) is 0 Å². The lowest BCUT2D eigenvalue weighted by molar-refractivity contribution is -0.278. The lowest BCUT2D eigenvalue weighted by Gasteiger charge is -2.52. The fourth-order valence-electron chi connectivity index (χ4n) is 8.11. The minimum absolute atomic E-state index is 0.0828. The van der Waals surface area contributed by atoms with Crippen LogP contribution < -0.4 is 0 Å². The van der Waals surface area contributed by atoms with E-state index in [9.17, 15) is 9.59 Å². The molecule has 0 spiro atoms. The highest BCUT2D eigenvalue weighted by Gasteiger charge is 2.50. The number of ether oxygens (including phenoxy) is 2. The molecule has 2 saturated heterocycles. The molecule has 0 unspecified atom stereocenters. The number of hydroxylamine groups is 4. The highest BCUT2D eigenvalue weighted by molar-refractivity contribution is 5.70. The third kappa shape index (κ3) is 13.4. The second-order valence-corrected chi connectivity index (χ2v) is 16.5. The Bertz CT molecular complexity index is 850. The molecule has 2 heterocycles. The molecule has 0 bridgehead atoms. The predicted molar refractivity (Wildman–Crippen MR) is 181 cm³/mol. The monoisotopic (exact) mass is 639 g/mol.